The Morgan fingerprint density at radius 2 is 1.79 bits per heavy atom. The van der Waals surface area contributed by atoms with Gasteiger partial charge in [0, 0.05) is 25.9 Å². The molecule has 1 aliphatic rings. The predicted octanol–water partition coefficient (Wildman–Crippen LogP) is 2.87. The Morgan fingerprint density at radius 3 is 2.41 bits per heavy atom. The molecule has 0 N–H and O–H groups in total. The van der Waals surface area contributed by atoms with E-state index >= 15 is 0 Å². The molecule has 0 unspecified atom stereocenters. The van der Waals surface area contributed by atoms with Gasteiger partial charge in [0.2, 0.25) is 0 Å². The summed E-state index contributed by atoms with van der Waals surface area (Å²) in [7, 11) is 2.01. The largest absolute Gasteiger partial charge is 0.416 e. The molecular weight excluding hydrogens is 383 g/mol. The van der Waals surface area contributed by atoms with Crippen molar-refractivity contribution < 1.29 is 13.2 Å². The molecule has 10 heteroatoms. The number of aryl methyl sites for hydroxylation is 1. The molecule has 1 aliphatic heterocycles. The summed E-state index contributed by atoms with van der Waals surface area (Å²) in [5, 5.41) is 11.7. The fourth-order valence-electron chi connectivity index (χ4n) is 3.70. The van der Waals surface area contributed by atoms with E-state index in [1.807, 2.05) is 19.4 Å². The van der Waals surface area contributed by atoms with Crippen molar-refractivity contribution in [2.45, 2.75) is 32.0 Å². The van der Waals surface area contributed by atoms with E-state index in [-0.39, 0.29) is 0 Å². The van der Waals surface area contributed by atoms with Crippen LogP contribution in [0.5, 0.6) is 0 Å². The number of likely N-dealkylation sites (tertiary alicyclic amines) is 1. The monoisotopic (exact) mass is 405 g/mol. The molecule has 154 valence electrons. The molecule has 2 aromatic heterocycles. The number of hydrogen-bond donors (Lipinski definition) is 0. The first-order valence-corrected chi connectivity index (χ1v) is 9.53. The van der Waals surface area contributed by atoms with Gasteiger partial charge in [0.25, 0.3) is 0 Å². The van der Waals surface area contributed by atoms with Crippen LogP contribution in [0.2, 0.25) is 0 Å². The number of piperidine rings is 1. The number of imidazole rings is 1. The van der Waals surface area contributed by atoms with Gasteiger partial charge < -0.3 is 4.57 Å². The van der Waals surface area contributed by atoms with Crippen molar-refractivity contribution in [1.29, 1.82) is 0 Å². The molecule has 1 fully saturated rings. The maximum Gasteiger partial charge on any atom is 0.416 e. The van der Waals surface area contributed by atoms with Gasteiger partial charge in [0.1, 0.15) is 5.82 Å². The van der Waals surface area contributed by atoms with Crippen molar-refractivity contribution in [3.8, 4) is 5.69 Å². The van der Waals surface area contributed by atoms with Crippen molar-refractivity contribution >= 4 is 0 Å². The molecule has 3 heterocycles. The third-order valence-corrected chi connectivity index (χ3v) is 5.44. The molecule has 0 radical (unpaired) electrons. The number of rotatable bonds is 5. The van der Waals surface area contributed by atoms with Gasteiger partial charge >= 0.3 is 6.18 Å². The Hall–Kier alpha value is -2.75. The molecule has 4 rings (SSSR count). The van der Waals surface area contributed by atoms with Crippen molar-refractivity contribution in [3.05, 3.63) is 53.9 Å². The fraction of sp³-hybridized carbons (Fsp3) is 0.474. The molecule has 3 aromatic rings. The minimum Gasteiger partial charge on any atom is -0.338 e. The van der Waals surface area contributed by atoms with Crippen LogP contribution in [0.3, 0.4) is 0 Å². The van der Waals surface area contributed by atoms with E-state index in [0.29, 0.717) is 24.0 Å². The van der Waals surface area contributed by atoms with Gasteiger partial charge in [-0.25, -0.2) is 4.98 Å². The molecule has 7 nitrogen and oxygen atoms in total. The van der Waals surface area contributed by atoms with Crippen LogP contribution in [0.15, 0.2) is 36.7 Å². The third-order valence-electron chi connectivity index (χ3n) is 5.44. The number of halogens is 3. The van der Waals surface area contributed by atoms with E-state index < -0.39 is 11.7 Å². The Labute approximate surface area is 166 Å². The number of hydrogen-bond acceptors (Lipinski definition) is 5. The van der Waals surface area contributed by atoms with Gasteiger partial charge in [-0.15, -0.1) is 5.10 Å². The van der Waals surface area contributed by atoms with E-state index in [1.165, 1.54) is 16.8 Å². The Balaban J connectivity index is 1.37. The summed E-state index contributed by atoms with van der Waals surface area (Å²) >= 11 is 0. The zero-order valence-corrected chi connectivity index (χ0v) is 16.0. The standard InChI is InChI=1S/C19H22F3N7/c1-27-11-8-23-17(27)12-14-6-9-28(10-7-14)13-18-24-25-26-29(18)16-4-2-15(3-5-16)19(20,21)22/h2-5,8,11,14H,6-7,9-10,12-13H2,1H3. The van der Waals surface area contributed by atoms with Gasteiger partial charge in [-0.3, -0.25) is 4.90 Å². The first-order chi connectivity index (χ1) is 13.9. The fourth-order valence-corrected chi connectivity index (χ4v) is 3.70. The van der Waals surface area contributed by atoms with Gasteiger partial charge in [-0.2, -0.15) is 17.9 Å². The zero-order chi connectivity index (χ0) is 20.4. The Bertz CT molecular complexity index is 937. The van der Waals surface area contributed by atoms with Crippen LogP contribution in [0.1, 0.15) is 30.1 Å². The average molecular weight is 405 g/mol. The molecule has 0 bridgehead atoms. The van der Waals surface area contributed by atoms with Gasteiger partial charge in [0.15, 0.2) is 5.82 Å². The zero-order valence-electron chi connectivity index (χ0n) is 16.0. The summed E-state index contributed by atoms with van der Waals surface area (Å²) in [4.78, 5) is 6.68. The van der Waals surface area contributed by atoms with E-state index in [0.717, 1.165) is 50.3 Å². The average Bonchev–Trinajstić information content (AvgIpc) is 3.32. The smallest absolute Gasteiger partial charge is 0.338 e. The van der Waals surface area contributed by atoms with Crippen LogP contribution in [0.4, 0.5) is 13.2 Å². The summed E-state index contributed by atoms with van der Waals surface area (Å²) in [5.41, 5.74) is -0.173. The van der Waals surface area contributed by atoms with E-state index in [4.69, 9.17) is 0 Å². The van der Waals surface area contributed by atoms with Crippen LogP contribution < -0.4 is 0 Å². The topological polar surface area (TPSA) is 64.7 Å². The van der Waals surface area contributed by atoms with Crippen LogP contribution in [-0.2, 0) is 26.2 Å². The van der Waals surface area contributed by atoms with Crippen molar-refractivity contribution in [1.82, 2.24) is 34.7 Å². The molecule has 1 aromatic carbocycles. The van der Waals surface area contributed by atoms with Crippen LogP contribution in [0, 0.1) is 5.92 Å². The molecule has 0 spiro atoms. The highest BCUT2D eigenvalue weighted by Gasteiger charge is 2.30. The summed E-state index contributed by atoms with van der Waals surface area (Å²) in [6.07, 6.45) is 2.53. The van der Waals surface area contributed by atoms with Crippen LogP contribution >= 0.6 is 0 Å². The molecule has 0 aliphatic carbocycles. The van der Waals surface area contributed by atoms with Crippen molar-refractivity contribution in [3.63, 3.8) is 0 Å². The predicted molar refractivity (Wildman–Crippen MR) is 99.1 cm³/mol. The summed E-state index contributed by atoms with van der Waals surface area (Å²) in [6, 6.07) is 4.87. The number of aromatic nitrogens is 6. The number of tetrazole rings is 1. The second-order valence-corrected chi connectivity index (χ2v) is 7.43. The van der Waals surface area contributed by atoms with E-state index in [1.54, 1.807) is 0 Å². The van der Waals surface area contributed by atoms with Gasteiger partial charge in [0.05, 0.1) is 17.8 Å². The van der Waals surface area contributed by atoms with Crippen molar-refractivity contribution in [2.75, 3.05) is 13.1 Å². The number of alkyl halides is 3. The molecular formula is C19H22F3N7. The molecule has 0 atom stereocenters. The quantitative estimate of drug-likeness (QED) is 0.653. The highest BCUT2D eigenvalue weighted by molar-refractivity contribution is 5.35. The number of nitrogens with zero attached hydrogens (tertiary/aromatic N) is 7. The maximum absolute atomic E-state index is 12.8. The third kappa shape index (κ3) is 4.47. The molecule has 0 amide bonds. The molecule has 1 saturated heterocycles. The first kappa shape index (κ1) is 19.6. The maximum atomic E-state index is 12.8. The Morgan fingerprint density at radius 1 is 1.07 bits per heavy atom. The van der Waals surface area contributed by atoms with Crippen molar-refractivity contribution in [2.24, 2.45) is 13.0 Å². The minimum absolute atomic E-state index is 0.516. The number of benzene rings is 1. The van der Waals surface area contributed by atoms with Crippen LogP contribution in [0.25, 0.3) is 5.69 Å². The normalized spacial score (nSPS) is 16.4. The highest BCUT2D eigenvalue weighted by atomic mass is 19.4. The van der Waals surface area contributed by atoms with E-state index in [2.05, 4.69) is 30.0 Å². The molecule has 0 saturated carbocycles. The van der Waals surface area contributed by atoms with Crippen LogP contribution in [-0.4, -0.2) is 47.7 Å². The lowest BCUT2D eigenvalue weighted by Gasteiger charge is -2.31. The lowest BCUT2D eigenvalue weighted by Crippen LogP contribution is -2.35. The summed E-state index contributed by atoms with van der Waals surface area (Å²) in [5.74, 6) is 2.32. The Kier molecular flexibility index (Phi) is 5.35. The summed E-state index contributed by atoms with van der Waals surface area (Å²) < 4.78 is 41.9. The summed E-state index contributed by atoms with van der Waals surface area (Å²) in [6.45, 7) is 2.41. The van der Waals surface area contributed by atoms with Gasteiger partial charge in [-0.05, 0) is 66.5 Å². The van der Waals surface area contributed by atoms with E-state index in [9.17, 15) is 13.2 Å². The molecule has 29 heavy (non-hydrogen) atoms. The second kappa shape index (κ2) is 7.94. The van der Waals surface area contributed by atoms with Gasteiger partial charge in [-0.1, -0.05) is 0 Å². The minimum atomic E-state index is -4.36. The first-order valence-electron chi connectivity index (χ1n) is 9.53. The lowest BCUT2D eigenvalue weighted by molar-refractivity contribution is -0.137. The SMILES string of the molecule is Cn1ccnc1CC1CCN(Cc2nnnn2-c2ccc(C(F)(F)F)cc2)CC1. The highest BCUT2D eigenvalue weighted by Crippen LogP contribution is 2.29. The second-order valence-electron chi connectivity index (χ2n) is 7.43. The lowest BCUT2D eigenvalue weighted by atomic mass is 9.93.